The molecule has 3 N–H and O–H groups in total. The van der Waals surface area contributed by atoms with Crippen molar-refractivity contribution in [2.24, 2.45) is 10.7 Å². The highest BCUT2D eigenvalue weighted by Gasteiger charge is 2.36. The van der Waals surface area contributed by atoms with E-state index in [4.69, 9.17) is 19.9 Å². The Kier molecular flexibility index (Phi) is 7.21. The second-order valence-corrected chi connectivity index (χ2v) is 5.14. The van der Waals surface area contributed by atoms with Crippen LogP contribution in [0.4, 0.5) is 5.69 Å². The second-order valence-electron chi connectivity index (χ2n) is 5.14. The quantitative estimate of drug-likeness (QED) is 0.420. The number of ether oxygens (including phenoxy) is 3. The highest BCUT2D eigenvalue weighted by molar-refractivity contribution is 14.0. The molecule has 0 saturated heterocycles. The van der Waals surface area contributed by atoms with Crippen molar-refractivity contribution in [2.45, 2.75) is 24.9 Å². The zero-order valence-electron chi connectivity index (χ0n) is 13.2. The Morgan fingerprint density at radius 3 is 2.41 bits per heavy atom. The van der Waals surface area contributed by atoms with E-state index in [0.29, 0.717) is 24.0 Å². The van der Waals surface area contributed by atoms with E-state index in [-0.39, 0.29) is 29.6 Å². The van der Waals surface area contributed by atoms with Crippen LogP contribution in [0, 0.1) is 0 Å². The topological polar surface area (TPSA) is 78.1 Å². The van der Waals surface area contributed by atoms with Crippen LogP contribution in [0.1, 0.15) is 19.3 Å². The average molecular weight is 421 g/mol. The van der Waals surface area contributed by atoms with Gasteiger partial charge in [-0.15, -0.1) is 24.0 Å². The van der Waals surface area contributed by atoms with E-state index in [1.807, 2.05) is 18.2 Å². The number of aliphatic imine (C=N–C) groups is 1. The molecule has 0 bridgehead atoms. The first-order valence-corrected chi connectivity index (χ1v) is 6.96. The monoisotopic (exact) mass is 421 g/mol. The van der Waals surface area contributed by atoms with Gasteiger partial charge in [0.1, 0.15) is 0 Å². The van der Waals surface area contributed by atoms with Crippen LogP contribution in [0.5, 0.6) is 11.5 Å². The van der Waals surface area contributed by atoms with Crippen LogP contribution in [0.3, 0.4) is 0 Å². The lowest BCUT2D eigenvalue weighted by Crippen LogP contribution is -2.43. The highest BCUT2D eigenvalue weighted by Crippen LogP contribution is 2.35. The summed E-state index contributed by atoms with van der Waals surface area (Å²) >= 11 is 0. The number of hydrogen-bond acceptors (Lipinski definition) is 4. The van der Waals surface area contributed by atoms with Crippen LogP contribution in [0.15, 0.2) is 23.2 Å². The van der Waals surface area contributed by atoms with Crippen molar-refractivity contribution < 1.29 is 14.2 Å². The molecule has 6 nitrogen and oxygen atoms in total. The summed E-state index contributed by atoms with van der Waals surface area (Å²) in [5.74, 6) is 1.68. The summed E-state index contributed by atoms with van der Waals surface area (Å²) < 4.78 is 16.0. The van der Waals surface area contributed by atoms with Gasteiger partial charge in [0.2, 0.25) is 0 Å². The third kappa shape index (κ3) is 4.39. The lowest BCUT2D eigenvalue weighted by Gasteiger charge is -2.39. The van der Waals surface area contributed by atoms with Crippen molar-refractivity contribution in [3.63, 3.8) is 0 Å². The Morgan fingerprint density at radius 2 is 1.91 bits per heavy atom. The van der Waals surface area contributed by atoms with E-state index in [1.165, 1.54) is 6.42 Å². The molecule has 0 aliphatic heterocycles. The van der Waals surface area contributed by atoms with Gasteiger partial charge >= 0.3 is 0 Å². The highest BCUT2D eigenvalue weighted by atomic mass is 127. The number of anilines is 1. The molecule has 1 fully saturated rings. The number of rotatable bonds is 6. The van der Waals surface area contributed by atoms with E-state index in [0.717, 1.165) is 18.5 Å². The lowest BCUT2D eigenvalue weighted by atomic mass is 9.80. The van der Waals surface area contributed by atoms with Crippen LogP contribution >= 0.6 is 24.0 Å². The molecular formula is C15H24IN3O3. The maximum absolute atomic E-state index is 5.92. The number of guanidine groups is 1. The van der Waals surface area contributed by atoms with Crippen LogP contribution in [0.2, 0.25) is 0 Å². The Labute approximate surface area is 148 Å². The molecule has 0 atom stereocenters. The van der Waals surface area contributed by atoms with Crippen molar-refractivity contribution in [1.29, 1.82) is 0 Å². The fourth-order valence-electron chi connectivity index (χ4n) is 2.33. The van der Waals surface area contributed by atoms with E-state index >= 15 is 0 Å². The van der Waals surface area contributed by atoms with Crippen LogP contribution in [0.25, 0.3) is 0 Å². The van der Waals surface area contributed by atoms with Crippen molar-refractivity contribution in [3.8, 4) is 11.5 Å². The first kappa shape index (κ1) is 18.8. The zero-order chi connectivity index (χ0) is 15.3. The number of nitrogens with one attached hydrogen (secondary N) is 1. The van der Waals surface area contributed by atoms with Gasteiger partial charge in [-0.05, 0) is 31.4 Å². The molecule has 0 aromatic heterocycles. The molecule has 1 aromatic rings. The summed E-state index contributed by atoms with van der Waals surface area (Å²) in [6, 6.07) is 5.49. The number of nitrogens with two attached hydrogens (primary N) is 1. The van der Waals surface area contributed by atoms with E-state index < -0.39 is 0 Å². The molecule has 124 valence electrons. The normalized spacial score (nSPS) is 16.2. The third-order valence-electron chi connectivity index (χ3n) is 3.89. The molecule has 7 heteroatoms. The molecule has 22 heavy (non-hydrogen) atoms. The SMILES string of the molecule is COc1ccc(NC(N)=NCC2(OC)CCC2)cc1OC.I. The molecule has 1 saturated carbocycles. The molecule has 0 spiro atoms. The molecule has 2 rings (SSSR count). The molecule has 1 aliphatic rings. The van der Waals surface area contributed by atoms with Gasteiger partial charge in [0.15, 0.2) is 17.5 Å². The van der Waals surface area contributed by atoms with Gasteiger partial charge in [0.05, 0.1) is 26.4 Å². The first-order chi connectivity index (χ1) is 10.1. The molecular weight excluding hydrogens is 397 g/mol. The molecule has 1 aromatic carbocycles. The van der Waals surface area contributed by atoms with Gasteiger partial charge in [0.25, 0.3) is 0 Å². The van der Waals surface area contributed by atoms with Gasteiger partial charge < -0.3 is 25.3 Å². The molecule has 0 heterocycles. The smallest absolute Gasteiger partial charge is 0.193 e. The van der Waals surface area contributed by atoms with Crippen molar-refractivity contribution in [2.75, 3.05) is 33.2 Å². The molecule has 0 amide bonds. The van der Waals surface area contributed by atoms with E-state index in [1.54, 1.807) is 21.3 Å². The first-order valence-electron chi connectivity index (χ1n) is 6.96. The van der Waals surface area contributed by atoms with Gasteiger partial charge in [-0.25, -0.2) is 0 Å². The number of benzene rings is 1. The Bertz CT molecular complexity index is 513. The average Bonchev–Trinajstić information content (AvgIpc) is 2.46. The summed E-state index contributed by atoms with van der Waals surface area (Å²) in [5, 5.41) is 3.05. The fourth-order valence-corrected chi connectivity index (χ4v) is 2.33. The summed E-state index contributed by atoms with van der Waals surface area (Å²) in [6.45, 7) is 0.579. The summed E-state index contributed by atoms with van der Waals surface area (Å²) in [4.78, 5) is 4.37. The van der Waals surface area contributed by atoms with Gasteiger partial charge in [-0.3, -0.25) is 4.99 Å². The van der Waals surface area contributed by atoms with Crippen LogP contribution < -0.4 is 20.5 Å². The Hall–Kier alpha value is -1.22. The number of methoxy groups -OCH3 is 3. The number of hydrogen-bond donors (Lipinski definition) is 2. The number of halogens is 1. The van der Waals surface area contributed by atoms with Gasteiger partial charge in [-0.1, -0.05) is 0 Å². The number of nitrogens with zero attached hydrogens (tertiary/aromatic N) is 1. The minimum atomic E-state index is -0.121. The predicted molar refractivity (Wildman–Crippen MR) is 98.7 cm³/mol. The maximum Gasteiger partial charge on any atom is 0.193 e. The Morgan fingerprint density at radius 1 is 1.23 bits per heavy atom. The van der Waals surface area contributed by atoms with Crippen molar-refractivity contribution in [3.05, 3.63) is 18.2 Å². The lowest BCUT2D eigenvalue weighted by molar-refractivity contribution is -0.0629. The van der Waals surface area contributed by atoms with E-state index in [9.17, 15) is 0 Å². The largest absolute Gasteiger partial charge is 0.493 e. The van der Waals surface area contributed by atoms with Gasteiger partial charge in [0, 0.05) is 18.9 Å². The minimum Gasteiger partial charge on any atom is -0.493 e. The summed E-state index contributed by atoms with van der Waals surface area (Å²) in [7, 11) is 4.92. The molecule has 0 radical (unpaired) electrons. The fraction of sp³-hybridized carbons (Fsp3) is 0.533. The maximum atomic E-state index is 5.92. The predicted octanol–water partition coefficient (Wildman–Crippen LogP) is 2.62. The summed E-state index contributed by atoms with van der Waals surface area (Å²) in [6.07, 6.45) is 3.26. The third-order valence-corrected chi connectivity index (χ3v) is 3.89. The van der Waals surface area contributed by atoms with Crippen LogP contribution in [-0.2, 0) is 4.74 Å². The standard InChI is InChI=1S/C15H23N3O3.HI/c1-19-12-6-5-11(9-13(12)20-2)18-14(16)17-10-15(21-3)7-4-8-15;/h5-6,9H,4,7-8,10H2,1-3H3,(H3,16,17,18);1H. The zero-order valence-corrected chi connectivity index (χ0v) is 15.5. The second kappa shape index (κ2) is 8.42. The van der Waals surface area contributed by atoms with Crippen LogP contribution in [-0.4, -0.2) is 39.4 Å². The Balaban J connectivity index is 0.00000242. The van der Waals surface area contributed by atoms with Crippen molar-refractivity contribution in [1.82, 2.24) is 0 Å². The van der Waals surface area contributed by atoms with E-state index in [2.05, 4.69) is 10.3 Å². The molecule has 0 unspecified atom stereocenters. The summed E-state index contributed by atoms with van der Waals surface area (Å²) in [5.41, 5.74) is 6.60. The van der Waals surface area contributed by atoms with Gasteiger partial charge in [-0.2, -0.15) is 0 Å². The minimum absolute atomic E-state index is 0. The molecule has 1 aliphatic carbocycles. The van der Waals surface area contributed by atoms with Crippen molar-refractivity contribution >= 4 is 35.6 Å².